The Morgan fingerprint density at radius 2 is 1.76 bits per heavy atom. The number of hydrogen-bond donors (Lipinski definition) is 2. The first-order chi connectivity index (χ1) is 9.88. The molecule has 2 nitrogen and oxygen atoms in total. The van der Waals surface area contributed by atoms with Crippen LogP contribution in [0.2, 0.25) is 0 Å². The maximum Gasteiger partial charge on any atom is 0.120 e. The SMILES string of the molecule is Cc1ccc(NC(C)CC(C)(C)c2ccccc2)cc1O. The smallest absolute Gasteiger partial charge is 0.120 e. The predicted octanol–water partition coefficient (Wildman–Crippen LogP) is 4.87. The number of benzene rings is 2. The molecule has 21 heavy (non-hydrogen) atoms. The number of aromatic hydroxyl groups is 1. The van der Waals surface area contributed by atoms with E-state index in [1.807, 2.05) is 19.1 Å². The molecule has 112 valence electrons. The van der Waals surface area contributed by atoms with Crippen molar-refractivity contribution in [2.24, 2.45) is 0 Å². The van der Waals surface area contributed by atoms with Gasteiger partial charge in [0.1, 0.15) is 5.75 Å². The largest absolute Gasteiger partial charge is 0.508 e. The van der Waals surface area contributed by atoms with Gasteiger partial charge in [-0.2, -0.15) is 0 Å². The van der Waals surface area contributed by atoms with Gasteiger partial charge in [-0.25, -0.2) is 0 Å². The fourth-order valence-electron chi connectivity index (χ4n) is 2.81. The summed E-state index contributed by atoms with van der Waals surface area (Å²) in [6.07, 6.45) is 1.02. The van der Waals surface area contributed by atoms with Gasteiger partial charge in [0.25, 0.3) is 0 Å². The van der Waals surface area contributed by atoms with Gasteiger partial charge in [0.05, 0.1) is 0 Å². The summed E-state index contributed by atoms with van der Waals surface area (Å²) in [5.74, 6) is 0.342. The molecule has 2 N–H and O–H groups in total. The van der Waals surface area contributed by atoms with E-state index in [0.29, 0.717) is 11.8 Å². The molecule has 2 aromatic carbocycles. The average Bonchev–Trinajstić information content (AvgIpc) is 2.43. The Morgan fingerprint density at radius 3 is 2.38 bits per heavy atom. The average molecular weight is 283 g/mol. The van der Waals surface area contributed by atoms with E-state index in [1.54, 1.807) is 6.07 Å². The van der Waals surface area contributed by atoms with Crippen LogP contribution in [0.1, 0.15) is 38.3 Å². The van der Waals surface area contributed by atoms with Gasteiger partial charge in [-0.05, 0) is 42.9 Å². The molecule has 0 aliphatic heterocycles. The zero-order valence-corrected chi connectivity index (χ0v) is 13.4. The van der Waals surface area contributed by atoms with Gasteiger partial charge in [0, 0.05) is 17.8 Å². The van der Waals surface area contributed by atoms with Crippen LogP contribution in [0, 0.1) is 6.92 Å². The molecule has 1 unspecified atom stereocenters. The molecular weight excluding hydrogens is 258 g/mol. The van der Waals surface area contributed by atoms with Crippen LogP contribution in [0.25, 0.3) is 0 Å². The molecule has 1 atom stereocenters. The van der Waals surface area contributed by atoms with E-state index in [1.165, 1.54) is 5.56 Å². The Balaban J connectivity index is 2.04. The highest BCUT2D eigenvalue weighted by Gasteiger charge is 2.23. The lowest BCUT2D eigenvalue weighted by atomic mass is 9.79. The molecule has 0 fully saturated rings. The summed E-state index contributed by atoms with van der Waals surface area (Å²) in [4.78, 5) is 0. The van der Waals surface area contributed by atoms with Gasteiger partial charge in [0.2, 0.25) is 0 Å². The van der Waals surface area contributed by atoms with Crippen LogP contribution in [-0.4, -0.2) is 11.1 Å². The van der Waals surface area contributed by atoms with E-state index in [2.05, 4.69) is 56.4 Å². The Labute approximate surface area is 127 Å². The molecule has 0 aliphatic carbocycles. The number of anilines is 1. The van der Waals surface area contributed by atoms with Crippen LogP contribution >= 0.6 is 0 Å². The molecule has 0 heterocycles. The molecule has 0 spiro atoms. The highest BCUT2D eigenvalue weighted by atomic mass is 16.3. The molecule has 2 rings (SSSR count). The van der Waals surface area contributed by atoms with Crippen molar-refractivity contribution in [2.75, 3.05) is 5.32 Å². The number of phenols is 1. The molecule has 0 amide bonds. The third kappa shape index (κ3) is 4.01. The van der Waals surface area contributed by atoms with E-state index in [0.717, 1.165) is 17.7 Å². The predicted molar refractivity (Wildman–Crippen MR) is 90.0 cm³/mol. The van der Waals surface area contributed by atoms with Crippen molar-refractivity contribution in [1.29, 1.82) is 0 Å². The van der Waals surface area contributed by atoms with Gasteiger partial charge < -0.3 is 10.4 Å². The minimum Gasteiger partial charge on any atom is -0.508 e. The summed E-state index contributed by atoms with van der Waals surface area (Å²) in [5, 5.41) is 13.3. The molecule has 2 heteroatoms. The lowest BCUT2D eigenvalue weighted by Crippen LogP contribution is -2.27. The number of rotatable bonds is 5. The first-order valence-electron chi connectivity index (χ1n) is 7.50. The third-order valence-corrected chi connectivity index (χ3v) is 3.99. The Bertz CT molecular complexity index is 590. The summed E-state index contributed by atoms with van der Waals surface area (Å²) in [6.45, 7) is 8.63. The number of aryl methyl sites for hydroxylation is 1. The summed E-state index contributed by atoms with van der Waals surface area (Å²) in [6, 6.07) is 16.7. The second kappa shape index (κ2) is 6.21. The number of nitrogens with one attached hydrogen (secondary N) is 1. The highest BCUT2D eigenvalue weighted by molar-refractivity contribution is 5.51. The van der Waals surface area contributed by atoms with E-state index >= 15 is 0 Å². The van der Waals surface area contributed by atoms with Crippen molar-refractivity contribution in [1.82, 2.24) is 0 Å². The summed E-state index contributed by atoms with van der Waals surface area (Å²) >= 11 is 0. The first kappa shape index (κ1) is 15.4. The summed E-state index contributed by atoms with van der Waals surface area (Å²) < 4.78 is 0. The van der Waals surface area contributed by atoms with Crippen LogP contribution in [0.4, 0.5) is 5.69 Å². The monoisotopic (exact) mass is 283 g/mol. The van der Waals surface area contributed by atoms with Crippen molar-refractivity contribution >= 4 is 5.69 Å². The number of hydrogen-bond acceptors (Lipinski definition) is 2. The van der Waals surface area contributed by atoms with Gasteiger partial charge in [-0.15, -0.1) is 0 Å². The second-order valence-electron chi connectivity index (χ2n) is 6.50. The Kier molecular flexibility index (Phi) is 4.56. The molecule has 0 bridgehead atoms. The minimum absolute atomic E-state index is 0.112. The van der Waals surface area contributed by atoms with Crippen molar-refractivity contribution < 1.29 is 5.11 Å². The van der Waals surface area contributed by atoms with Crippen molar-refractivity contribution in [3.8, 4) is 5.75 Å². The van der Waals surface area contributed by atoms with Crippen LogP contribution in [0.5, 0.6) is 5.75 Å². The van der Waals surface area contributed by atoms with Gasteiger partial charge in [-0.1, -0.05) is 50.2 Å². The summed E-state index contributed by atoms with van der Waals surface area (Å²) in [7, 11) is 0. The number of phenolic OH excluding ortho intramolecular Hbond substituents is 1. The van der Waals surface area contributed by atoms with Crippen LogP contribution in [0.3, 0.4) is 0 Å². The van der Waals surface area contributed by atoms with E-state index in [4.69, 9.17) is 0 Å². The van der Waals surface area contributed by atoms with Gasteiger partial charge >= 0.3 is 0 Å². The van der Waals surface area contributed by atoms with Crippen molar-refractivity contribution in [3.05, 3.63) is 59.7 Å². The Hall–Kier alpha value is -1.96. The fraction of sp³-hybridized carbons (Fsp3) is 0.368. The molecule has 0 saturated heterocycles. The maximum atomic E-state index is 9.78. The molecule has 2 aromatic rings. The van der Waals surface area contributed by atoms with E-state index in [-0.39, 0.29) is 5.41 Å². The minimum atomic E-state index is 0.112. The zero-order valence-electron chi connectivity index (χ0n) is 13.4. The standard InChI is InChI=1S/C19H25NO/c1-14-10-11-17(12-18(14)21)20-15(2)13-19(3,4)16-8-6-5-7-9-16/h5-12,15,20-21H,13H2,1-4H3. The van der Waals surface area contributed by atoms with Crippen molar-refractivity contribution in [2.45, 2.75) is 45.6 Å². The van der Waals surface area contributed by atoms with Crippen LogP contribution in [-0.2, 0) is 5.41 Å². The quantitative estimate of drug-likeness (QED) is 0.820. The van der Waals surface area contributed by atoms with Crippen molar-refractivity contribution in [3.63, 3.8) is 0 Å². The molecule has 0 aliphatic rings. The Morgan fingerprint density at radius 1 is 1.10 bits per heavy atom. The van der Waals surface area contributed by atoms with E-state index < -0.39 is 0 Å². The van der Waals surface area contributed by atoms with E-state index in [9.17, 15) is 5.11 Å². The molecule has 0 saturated carbocycles. The zero-order chi connectivity index (χ0) is 15.5. The normalized spacial score (nSPS) is 13.0. The van der Waals surface area contributed by atoms with Gasteiger partial charge in [-0.3, -0.25) is 0 Å². The highest BCUT2D eigenvalue weighted by Crippen LogP contribution is 2.29. The van der Waals surface area contributed by atoms with Crippen LogP contribution in [0.15, 0.2) is 48.5 Å². The molecular formula is C19H25NO. The molecule has 0 radical (unpaired) electrons. The topological polar surface area (TPSA) is 32.3 Å². The fourth-order valence-corrected chi connectivity index (χ4v) is 2.81. The van der Waals surface area contributed by atoms with Gasteiger partial charge in [0.15, 0.2) is 0 Å². The van der Waals surface area contributed by atoms with Crippen LogP contribution < -0.4 is 5.32 Å². The molecule has 0 aromatic heterocycles. The third-order valence-electron chi connectivity index (χ3n) is 3.99. The maximum absolute atomic E-state index is 9.78. The second-order valence-corrected chi connectivity index (χ2v) is 6.50. The summed E-state index contributed by atoms with van der Waals surface area (Å²) in [5.41, 5.74) is 3.33. The lowest BCUT2D eigenvalue weighted by Gasteiger charge is -2.29. The lowest BCUT2D eigenvalue weighted by molar-refractivity contribution is 0.449. The first-order valence-corrected chi connectivity index (χ1v) is 7.50.